The molecule has 1 atom stereocenters. The molecule has 342 valence electrons. The van der Waals surface area contributed by atoms with Gasteiger partial charge in [0.25, 0.3) is 0 Å². The maximum atomic E-state index is 10.9. The van der Waals surface area contributed by atoms with Crippen LogP contribution in [0.15, 0.2) is 0 Å². The molecule has 0 radical (unpaired) electrons. The van der Waals surface area contributed by atoms with E-state index in [0.717, 1.165) is 25.7 Å². The minimum Gasteiger partial charge on any atom is -0.790 e. The van der Waals surface area contributed by atoms with Gasteiger partial charge in [-0.25, -0.2) is 0 Å². The number of nitrogens with one attached hydrogen (secondary N) is 2. The maximum absolute atomic E-state index is 10.9. The van der Waals surface area contributed by atoms with E-state index in [2.05, 4.69) is 59.9 Å². The third-order valence-corrected chi connectivity index (χ3v) is 11.7. The zero-order valence-electron chi connectivity index (χ0n) is 39.3. The maximum Gasteiger partial charge on any atom is 0.104 e. The first-order chi connectivity index (χ1) is 27.2. The number of ether oxygens (including phenoxy) is 2. The summed E-state index contributed by atoms with van der Waals surface area (Å²) >= 11 is 0. The van der Waals surface area contributed by atoms with Gasteiger partial charge in [0.15, 0.2) is 0 Å². The van der Waals surface area contributed by atoms with Crippen molar-refractivity contribution in [2.24, 2.45) is 0 Å². The monoisotopic (exact) mass is 823 g/mol. The van der Waals surface area contributed by atoms with E-state index in [1.54, 1.807) is 9.80 Å². The molecule has 0 heterocycles. The van der Waals surface area contributed by atoms with Gasteiger partial charge in [-0.05, 0) is 54.4 Å². The fourth-order valence-electron chi connectivity index (χ4n) is 6.98. The summed E-state index contributed by atoms with van der Waals surface area (Å²) in [6.07, 6.45) is 36.1. The van der Waals surface area contributed by atoms with E-state index in [0.29, 0.717) is 13.2 Å². The zero-order chi connectivity index (χ0) is 42.2. The van der Waals surface area contributed by atoms with Crippen LogP contribution in [0.25, 0.3) is 0 Å². The largest absolute Gasteiger partial charge is 0.790 e. The van der Waals surface area contributed by atoms with Gasteiger partial charge in [-0.3, -0.25) is 0 Å². The fraction of sp³-hybridized carbons (Fsp3) is 1.00. The van der Waals surface area contributed by atoms with Crippen molar-refractivity contribution in [1.29, 1.82) is 0 Å². The lowest BCUT2D eigenvalue weighted by atomic mass is 10.0. The molecule has 0 aromatic rings. The Morgan fingerprint density at radius 3 is 0.911 bits per heavy atom. The van der Waals surface area contributed by atoms with Crippen LogP contribution in [-0.2, 0) is 18.6 Å². The second kappa shape index (κ2) is 51.1. The van der Waals surface area contributed by atoms with Crippen molar-refractivity contribution in [3.8, 4) is 0 Å². The number of unbranched alkanes of at least 4 members (excludes halogenated alkanes) is 26. The number of phosphoric acid groups is 1. The molecule has 1 unspecified atom stereocenters. The van der Waals surface area contributed by atoms with Gasteiger partial charge in [0.05, 0.1) is 60.3 Å². The van der Waals surface area contributed by atoms with Crippen LogP contribution in [0.2, 0.25) is 0 Å². The van der Waals surface area contributed by atoms with Gasteiger partial charge < -0.3 is 38.1 Å². The highest BCUT2D eigenvalue weighted by atomic mass is 31.2. The van der Waals surface area contributed by atoms with Crippen LogP contribution in [0.1, 0.15) is 235 Å². The summed E-state index contributed by atoms with van der Waals surface area (Å²) in [5.41, 5.74) is 0. The van der Waals surface area contributed by atoms with Crippen LogP contribution in [0.5, 0.6) is 0 Å². The quantitative estimate of drug-likeness (QED) is 0.0470. The Morgan fingerprint density at radius 1 is 0.393 bits per heavy atom. The smallest absolute Gasteiger partial charge is 0.104 e. The Kier molecular flexibility index (Phi) is 55.0. The Morgan fingerprint density at radius 2 is 0.661 bits per heavy atom. The first kappa shape index (κ1) is 60.3. The Hall–Kier alpha value is -0.0500. The van der Waals surface area contributed by atoms with Crippen molar-refractivity contribution >= 4 is 7.82 Å². The molecule has 0 aromatic carbocycles. The minimum absolute atomic E-state index is 0.261. The van der Waals surface area contributed by atoms with Gasteiger partial charge in [0.1, 0.15) is 6.10 Å². The Bertz CT molecular complexity index is 712. The summed E-state index contributed by atoms with van der Waals surface area (Å²) < 4.78 is 27.0. The SMILES string of the molecule is CCCCCCCCCCCCCCCCOCC(COP(=O)([O-])[O-])OCCCCCCCCCCCCCCCC.CC[NH+](CC)CC.CC[NH+](CC)CC. The second-order valence-corrected chi connectivity index (χ2v) is 17.3. The van der Waals surface area contributed by atoms with Crippen LogP contribution >= 0.6 is 7.82 Å². The van der Waals surface area contributed by atoms with Crippen LogP contribution in [0.4, 0.5) is 0 Å². The molecule has 0 amide bonds. The molecule has 0 aliphatic rings. The highest BCUT2D eigenvalue weighted by molar-refractivity contribution is 7.43. The summed E-state index contributed by atoms with van der Waals surface area (Å²) in [6.45, 7) is 26.7. The Labute approximate surface area is 352 Å². The van der Waals surface area contributed by atoms with Crippen molar-refractivity contribution < 1.29 is 38.1 Å². The average molecular weight is 823 g/mol. The fourth-order valence-corrected chi connectivity index (χ4v) is 7.33. The van der Waals surface area contributed by atoms with Crippen molar-refractivity contribution in [2.75, 3.05) is 65.7 Å². The molecule has 0 saturated carbocycles. The number of rotatable bonds is 42. The number of quaternary nitrogens is 2. The van der Waals surface area contributed by atoms with Crippen molar-refractivity contribution in [3.63, 3.8) is 0 Å². The average Bonchev–Trinajstić information content (AvgIpc) is 3.19. The normalized spacial score (nSPS) is 12.1. The zero-order valence-corrected chi connectivity index (χ0v) is 40.2. The van der Waals surface area contributed by atoms with Crippen molar-refractivity contribution in [1.82, 2.24) is 0 Å². The van der Waals surface area contributed by atoms with Crippen LogP contribution < -0.4 is 19.6 Å². The third kappa shape index (κ3) is 53.9. The summed E-state index contributed by atoms with van der Waals surface area (Å²) in [6, 6.07) is 0. The van der Waals surface area contributed by atoms with Crippen LogP contribution in [0, 0.1) is 0 Å². The molecule has 0 fully saturated rings. The highest BCUT2D eigenvalue weighted by Gasteiger charge is 2.11. The molecule has 0 aromatic heterocycles. The van der Waals surface area contributed by atoms with E-state index < -0.39 is 13.9 Å². The topological polar surface area (TPSA) is 99.8 Å². The molecule has 0 spiro atoms. The van der Waals surface area contributed by atoms with Crippen molar-refractivity contribution in [3.05, 3.63) is 0 Å². The van der Waals surface area contributed by atoms with E-state index in [1.807, 2.05) is 0 Å². The molecule has 0 rings (SSSR count). The summed E-state index contributed by atoms with van der Waals surface area (Å²) in [7, 11) is -5.01. The predicted octanol–water partition coefficient (Wildman–Crippen LogP) is 10.1. The van der Waals surface area contributed by atoms with E-state index >= 15 is 0 Å². The van der Waals surface area contributed by atoms with E-state index in [4.69, 9.17) is 9.47 Å². The Balaban J connectivity index is -0.00000168. The van der Waals surface area contributed by atoms with Crippen LogP contribution in [0.3, 0.4) is 0 Å². The van der Waals surface area contributed by atoms with Gasteiger partial charge >= 0.3 is 0 Å². The standard InChI is InChI=1S/C35H73O6P.2C6H15N/c1-3-5-7-9-11-13-15-17-19-21-23-25-27-29-31-39-33-35(34-41-42(36,37)38)40-32-30-28-26-24-22-20-18-16-14-12-10-8-6-4-2;2*1-4-7(5-2)6-3/h35H,3-34H2,1-2H3,(H2,36,37,38);2*4-6H2,1-3H3. The molecular weight excluding hydrogens is 719 g/mol. The predicted molar refractivity (Wildman–Crippen MR) is 240 cm³/mol. The third-order valence-electron chi connectivity index (χ3n) is 11.2. The first-order valence-corrected chi connectivity index (χ1v) is 26.2. The minimum atomic E-state index is -5.01. The van der Waals surface area contributed by atoms with E-state index in [1.165, 1.54) is 193 Å². The molecule has 0 aliphatic carbocycles. The second-order valence-electron chi connectivity index (χ2n) is 16.1. The number of hydrogen-bond acceptors (Lipinski definition) is 6. The van der Waals surface area contributed by atoms with E-state index in [9.17, 15) is 14.4 Å². The molecule has 8 nitrogen and oxygen atoms in total. The number of hydrogen-bond donors (Lipinski definition) is 2. The van der Waals surface area contributed by atoms with Crippen molar-refractivity contribution in [2.45, 2.75) is 241 Å². The number of phosphoric ester groups is 1. The lowest BCUT2D eigenvalue weighted by Crippen LogP contribution is -3.11. The van der Waals surface area contributed by atoms with Gasteiger partial charge in [-0.1, -0.05) is 181 Å². The molecule has 56 heavy (non-hydrogen) atoms. The molecule has 9 heteroatoms. The lowest BCUT2D eigenvalue weighted by Gasteiger charge is -2.30. The molecule has 2 N–H and O–H groups in total. The molecule has 0 saturated heterocycles. The van der Waals surface area contributed by atoms with Gasteiger partial charge in [-0.2, -0.15) is 0 Å². The molecule has 0 bridgehead atoms. The molecular formula is C47H103N2O6P. The summed E-state index contributed by atoms with van der Waals surface area (Å²) in [5.74, 6) is 0. The lowest BCUT2D eigenvalue weighted by molar-refractivity contribution is -0.894. The summed E-state index contributed by atoms with van der Waals surface area (Å²) in [4.78, 5) is 25.2. The highest BCUT2D eigenvalue weighted by Crippen LogP contribution is 2.25. The van der Waals surface area contributed by atoms with Gasteiger partial charge in [0.2, 0.25) is 0 Å². The first-order valence-electron chi connectivity index (χ1n) is 24.7. The van der Waals surface area contributed by atoms with Gasteiger partial charge in [0, 0.05) is 13.2 Å². The van der Waals surface area contributed by atoms with Gasteiger partial charge in [-0.15, -0.1) is 0 Å². The van der Waals surface area contributed by atoms with Crippen LogP contribution in [-0.4, -0.2) is 71.8 Å². The molecule has 0 aliphatic heterocycles. The summed E-state index contributed by atoms with van der Waals surface area (Å²) in [5, 5.41) is 0. The van der Waals surface area contributed by atoms with E-state index in [-0.39, 0.29) is 13.2 Å².